The molecule has 0 radical (unpaired) electrons. The number of benzene rings is 3. The first kappa shape index (κ1) is 21.1. The fourth-order valence-electron chi connectivity index (χ4n) is 2.40. The summed E-state index contributed by atoms with van der Waals surface area (Å²) in [6.07, 6.45) is 0. The summed E-state index contributed by atoms with van der Waals surface area (Å²) < 4.78 is 0. The van der Waals surface area contributed by atoms with Crippen molar-refractivity contribution in [2.45, 2.75) is 0 Å². The molecule has 0 saturated carbocycles. The molecule has 0 aliphatic rings. The molecule has 0 bridgehead atoms. The molecule has 4 rings (SSSR count). The van der Waals surface area contributed by atoms with Gasteiger partial charge in [0.05, 0.1) is 17.1 Å². The number of nitrogens with one attached hydrogen (secondary N) is 3. The SMILES string of the molecule is c1ccc(NN=Nc2nc(N=NNc3ccccc3)nc(N=NNc3ccccc3)n2)cc1. The maximum atomic E-state index is 4.12. The van der Waals surface area contributed by atoms with Crippen molar-refractivity contribution in [2.24, 2.45) is 31.0 Å². The molecule has 1 heterocycles. The van der Waals surface area contributed by atoms with Crippen LogP contribution in [-0.4, -0.2) is 15.0 Å². The van der Waals surface area contributed by atoms with Crippen molar-refractivity contribution in [1.29, 1.82) is 0 Å². The molecule has 0 saturated heterocycles. The van der Waals surface area contributed by atoms with Gasteiger partial charge < -0.3 is 0 Å². The van der Waals surface area contributed by atoms with E-state index in [0.29, 0.717) is 0 Å². The van der Waals surface area contributed by atoms with E-state index < -0.39 is 0 Å². The Kier molecular flexibility index (Phi) is 7.24. The number of para-hydroxylation sites is 3. The summed E-state index contributed by atoms with van der Waals surface area (Å²) in [5.41, 5.74) is 10.6. The lowest BCUT2D eigenvalue weighted by Gasteiger charge is -1.99. The minimum Gasteiger partial charge on any atom is -0.260 e. The number of rotatable bonds is 9. The van der Waals surface area contributed by atoms with Gasteiger partial charge in [-0.15, -0.1) is 0 Å². The Morgan fingerprint density at radius 2 is 0.667 bits per heavy atom. The van der Waals surface area contributed by atoms with Crippen LogP contribution in [0, 0.1) is 0 Å². The molecule has 0 aliphatic carbocycles. The van der Waals surface area contributed by atoms with Crippen LogP contribution in [0.1, 0.15) is 0 Å². The molecule has 3 aromatic carbocycles. The summed E-state index contributed by atoms with van der Waals surface area (Å²) in [5, 5.41) is 23.6. The Bertz CT molecular complexity index is 1060. The molecule has 1 aromatic heterocycles. The van der Waals surface area contributed by atoms with E-state index in [-0.39, 0.29) is 17.8 Å². The minimum atomic E-state index is -0.0178. The zero-order chi connectivity index (χ0) is 22.6. The molecular formula is C21H18N12. The first-order valence-corrected chi connectivity index (χ1v) is 9.77. The van der Waals surface area contributed by atoms with E-state index in [1.807, 2.05) is 91.0 Å². The average molecular weight is 438 g/mol. The molecule has 33 heavy (non-hydrogen) atoms. The maximum Gasteiger partial charge on any atom is 0.277 e. The van der Waals surface area contributed by atoms with Crippen molar-refractivity contribution in [3.8, 4) is 0 Å². The lowest BCUT2D eigenvalue weighted by atomic mass is 10.3. The summed E-state index contributed by atoms with van der Waals surface area (Å²) in [6.45, 7) is 0. The predicted octanol–water partition coefficient (Wildman–Crippen LogP) is 6.20. The van der Waals surface area contributed by atoms with Crippen LogP contribution < -0.4 is 16.3 Å². The first-order chi connectivity index (χ1) is 16.3. The largest absolute Gasteiger partial charge is 0.277 e. The topological polar surface area (TPSA) is 149 Å². The van der Waals surface area contributed by atoms with Crippen molar-refractivity contribution in [2.75, 3.05) is 16.3 Å². The van der Waals surface area contributed by atoms with Gasteiger partial charge in [-0.2, -0.15) is 15.0 Å². The van der Waals surface area contributed by atoms with E-state index in [4.69, 9.17) is 0 Å². The van der Waals surface area contributed by atoms with Gasteiger partial charge in [0.1, 0.15) is 0 Å². The van der Waals surface area contributed by atoms with Crippen molar-refractivity contribution in [3.05, 3.63) is 91.0 Å². The first-order valence-electron chi connectivity index (χ1n) is 9.77. The van der Waals surface area contributed by atoms with Gasteiger partial charge in [0.15, 0.2) is 0 Å². The van der Waals surface area contributed by atoms with Crippen LogP contribution in [0.3, 0.4) is 0 Å². The Labute approximate surface area is 188 Å². The van der Waals surface area contributed by atoms with Gasteiger partial charge in [0, 0.05) is 0 Å². The Morgan fingerprint density at radius 1 is 0.394 bits per heavy atom. The summed E-state index contributed by atoms with van der Waals surface area (Å²) in [7, 11) is 0. The molecule has 3 N–H and O–H groups in total. The van der Waals surface area contributed by atoms with E-state index in [1.165, 1.54) is 0 Å². The summed E-state index contributed by atoms with van der Waals surface area (Å²) in [4.78, 5) is 12.4. The van der Waals surface area contributed by atoms with Crippen molar-refractivity contribution in [3.63, 3.8) is 0 Å². The average Bonchev–Trinajstić information content (AvgIpc) is 2.86. The fraction of sp³-hybridized carbons (Fsp3) is 0. The highest BCUT2D eigenvalue weighted by molar-refractivity contribution is 5.43. The molecule has 0 amide bonds. The Hall–Kier alpha value is -5.13. The van der Waals surface area contributed by atoms with Crippen molar-refractivity contribution < 1.29 is 0 Å². The van der Waals surface area contributed by atoms with E-state index in [1.54, 1.807) is 0 Å². The van der Waals surface area contributed by atoms with Gasteiger partial charge >= 0.3 is 0 Å². The zero-order valence-corrected chi connectivity index (χ0v) is 17.2. The fourth-order valence-corrected chi connectivity index (χ4v) is 2.40. The van der Waals surface area contributed by atoms with Gasteiger partial charge in [-0.05, 0) is 36.4 Å². The minimum absolute atomic E-state index is 0.0178. The predicted molar refractivity (Wildman–Crippen MR) is 124 cm³/mol. The molecule has 0 atom stereocenters. The molecule has 12 nitrogen and oxygen atoms in total. The van der Waals surface area contributed by atoms with Gasteiger partial charge in [-0.3, -0.25) is 16.3 Å². The second kappa shape index (κ2) is 11.3. The number of hydrogen-bond acceptors (Lipinski definition) is 9. The van der Waals surface area contributed by atoms with Crippen LogP contribution in [0.5, 0.6) is 0 Å². The highest BCUT2D eigenvalue weighted by Crippen LogP contribution is 2.18. The second-order valence-electron chi connectivity index (χ2n) is 6.27. The van der Waals surface area contributed by atoms with E-state index >= 15 is 0 Å². The van der Waals surface area contributed by atoms with Gasteiger partial charge in [-0.25, -0.2) is 0 Å². The van der Waals surface area contributed by atoms with Crippen molar-refractivity contribution >= 4 is 34.9 Å². The number of nitrogens with zero attached hydrogens (tertiary/aromatic N) is 9. The molecule has 4 aromatic rings. The molecule has 162 valence electrons. The number of hydrogen-bond donors (Lipinski definition) is 3. The van der Waals surface area contributed by atoms with Crippen LogP contribution in [-0.2, 0) is 0 Å². The molecule has 12 heteroatoms. The number of anilines is 3. The van der Waals surface area contributed by atoms with Crippen LogP contribution in [0.2, 0.25) is 0 Å². The molecule has 0 aliphatic heterocycles. The van der Waals surface area contributed by atoms with Crippen molar-refractivity contribution in [1.82, 2.24) is 15.0 Å². The Morgan fingerprint density at radius 3 is 0.939 bits per heavy atom. The van der Waals surface area contributed by atoms with Crippen LogP contribution in [0.15, 0.2) is 122 Å². The summed E-state index contributed by atoms with van der Waals surface area (Å²) in [6, 6.07) is 28.0. The smallest absolute Gasteiger partial charge is 0.260 e. The molecule has 0 unspecified atom stereocenters. The van der Waals surface area contributed by atoms with Crippen LogP contribution >= 0.6 is 0 Å². The summed E-state index contributed by atoms with van der Waals surface area (Å²) >= 11 is 0. The second-order valence-corrected chi connectivity index (χ2v) is 6.27. The van der Waals surface area contributed by atoms with E-state index in [2.05, 4.69) is 62.2 Å². The highest BCUT2D eigenvalue weighted by atomic mass is 15.5. The Balaban J connectivity index is 1.50. The van der Waals surface area contributed by atoms with Crippen LogP contribution in [0.25, 0.3) is 0 Å². The van der Waals surface area contributed by atoms with Gasteiger partial charge in [-0.1, -0.05) is 85.6 Å². The third kappa shape index (κ3) is 6.96. The molecule has 0 fully saturated rings. The van der Waals surface area contributed by atoms with Gasteiger partial charge in [0.25, 0.3) is 17.8 Å². The standard InChI is InChI=1S/C21H18N12/c1-4-10-16(11-5-1)25-31-28-19-22-20(29-32-26-17-12-6-2-7-13-17)24-21(23-19)30-33-27-18-14-8-3-9-15-18/h1-15H,(H3,22,23,24,25,26,27,28,29,30). The van der Waals surface area contributed by atoms with Gasteiger partial charge in [0.2, 0.25) is 0 Å². The highest BCUT2D eigenvalue weighted by Gasteiger charge is 2.06. The molecular weight excluding hydrogens is 420 g/mol. The quantitative estimate of drug-likeness (QED) is 0.209. The lowest BCUT2D eigenvalue weighted by molar-refractivity contribution is 0.927. The normalized spacial score (nSPS) is 11.3. The lowest BCUT2D eigenvalue weighted by Crippen LogP contribution is -1.91. The third-order valence-electron chi connectivity index (χ3n) is 3.88. The third-order valence-corrected chi connectivity index (χ3v) is 3.88. The monoisotopic (exact) mass is 438 g/mol. The number of aromatic nitrogens is 3. The van der Waals surface area contributed by atoms with E-state index in [9.17, 15) is 0 Å². The molecule has 0 spiro atoms. The maximum absolute atomic E-state index is 4.12. The zero-order valence-electron chi connectivity index (χ0n) is 17.2. The van der Waals surface area contributed by atoms with E-state index in [0.717, 1.165) is 17.1 Å². The van der Waals surface area contributed by atoms with Crippen LogP contribution in [0.4, 0.5) is 34.9 Å². The summed E-state index contributed by atoms with van der Waals surface area (Å²) in [5.74, 6) is -0.0535.